The average Bonchev–Trinajstić information content (AvgIpc) is 3.65. The van der Waals surface area contributed by atoms with Gasteiger partial charge in [-0.25, -0.2) is 23.2 Å². The minimum absolute atomic E-state index is 0.0793. The highest BCUT2D eigenvalue weighted by atomic mass is 32.1. The Balaban J connectivity index is 1.84. The quantitative estimate of drug-likeness (QED) is 0.114. The molecule has 4 N–H and O–H groups in total. The van der Waals surface area contributed by atoms with E-state index in [2.05, 4.69) is 30.4 Å². The first-order valence-electron chi connectivity index (χ1n) is 11.8. The van der Waals surface area contributed by atoms with Crippen molar-refractivity contribution in [3.05, 3.63) is 100 Å². The summed E-state index contributed by atoms with van der Waals surface area (Å²) in [5.41, 5.74) is 4.47. The third kappa shape index (κ3) is 5.87. The van der Waals surface area contributed by atoms with Gasteiger partial charge in [0.25, 0.3) is 5.91 Å². The summed E-state index contributed by atoms with van der Waals surface area (Å²) in [5, 5.41) is 22.9. The second kappa shape index (κ2) is 11.7. The van der Waals surface area contributed by atoms with Gasteiger partial charge in [0.05, 0.1) is 18.3 Å². The molecule has 4 rings (SSSR count). The minimum Gasteiger partial charge on any atom is -0.382 e. The van der Waals surface area contributed by atoms with Gasteiger partial charge < -0.3 is 21.0 Å². The lowest BCUT2D eigenvalue weighted by atomic mass is 9.65. The normalized spacial score (nSPS) is 14.7. The minimum atomic E-state index is -2.11. The molecule has 0 aliphatic rings. The van der Waals surface area contributed by atoms with Crippen molar-refractivity contribution in [2.24, 2.45) is 10.9 Å². The smallest absolute Gasteiger partial charge is 0.332 e. The molecule has 0 aliphatic carbocycles. The Morgan fingerprint density at radius 3 is 2.55 bits per heavy atom. The second-order valence-corrected chi connectivity index (χ2v) is 9.98. The number of rotatable bonds is 10. The van der Waals surface area contributed by atoms with Gasteiger partial charge in [-0.3, -0.25) is 9.78 Å². The van der Waals surface area contributed by atoms with Crippen molar-refractivity contribution < 1.29 is 28.3 Å². The number of nitrogens with zero attached hydrogens (tertiary/aromatic N) is 5. The Morgan fingerprint density at radius 1 is 1.20 bits per heavy atom. The van der Waals surface area contributed by atoms with E-state index in [1.165, 1.54) is 36.0 Å². The van der Waals surface area contributed by atoms with E-state index < -0.39 is 34.5 Å². The summed E-state index contributed by atoms with van der Waals surface area (Å²) in [6, 6.07) is 9.22. The van der Waals surface area contributed by atoms with E-state index in [1.807, 2.05) is 0 Å². The number of oxime groups is 1. The Kier molecular flexibility index (Phi) is 8.30. The van der Waals surface area contributed by atoms with E-state index >= 15 is 4.39 Å². The second-order valence-electron chi connectivity index (χ2n) is 9.09. The Morgan fingerprint density at radius 2 is 1.95 bits per heavy atom. The number of halogens is 2. The zero-order valence-corrected chi connectivity index (χ0v) is 22.2. The van der Waals surface area contributed by atoms with Crippen molar-refractivity contribution in [1.29, 1.82) is 0 Å². The summed E-state index contributed by atoms with van der Waals surface area (Å²) >= 11 is 1.13. The fourth-order valence-corrected chi connectivity index (χ4v) is 4.80. The summed E-state index contributed by atoms with van der Waals surface area (Å²) in [7, 11) is 0. The summed E-state index contributed by atoms with van der Waals surface area (Å²) in [6.45, 7) is 2.31. The van der Waals surface area contributed by atoms with E-state index in [0.29, 0.717) is 22.1 Å². The monoisotopic (exact) mass is 569 g/mol. The number of carbonyl (C=O) groups is 2. The summed E-state index contributed by atoms with van der Waals surface area (Å²) in [4.78, 5) is 36.7. The molecule has 0 aliphatic heterocycles. The lowest BCUT2D eigenvalue weighted by Crippen LogP contribution is -2.56. The molecule has 0 bridgehead atoms. The first-order valence-corrected chi connectivity index (χ1v) is 12.7. The largest absolute Gasteiger partial charge is 0.382 e. The fourth-order valence-electron chi connectivity index (χ4n) is 4.26. The van der Waals surface area contributed by atoms with Crippen LogP contribution in [0.15, 0.2) is 72.0 Å². The Labute approximate surface area is 231 Å². The van der Waals surface area contributed by atoms with Crippen molar-refractivity contribution in [2.45, 2.75) is 31.4 Å². The maximum Gasteiger partial charge on any atom is 0.332 e. The number of nitrogens with two attached hydrogens (primary N) is 1. The first-order chi connectivity index (χ1) is 19.0. The van der Waals surface area contributed by atoms with Crippen LogP contribution in [0, 0.1) is 11.6 Å². The lowest BCUT2D eigenvalue weighted by molar-refractivity contribution is -0.140. The van der Waals surface area contributed by atoms with Gasteiger partial charge in [-0.05, 0) is 11.6 Å². The highest BCUT2D eigenvalue weighted by molar-refractivity contribution is 7.11. The van der Waals surface area contributed by atoms with E-state index in [4.69, 9.17) is 5.73 Å². The standard InChI is InChI=1S/C26H25F2N7O4S/c1-16(36)39-34-23(29)17-3-5-18(6-4-17)25(2,11-32-24(37)22-10-30-15-40-22)26(38,12-35-14-31-13-33-35)20-8-7-19(27)9-21(20)28/h3-10,13-15,38H,11-12H2,1-2H3,(H2,29,34)(H,32,37)/t25-,26-/m0/s1. The predicted molar refractivity (Wildman–Crippen MR) is 141 cm³/mol. The van der Waals surface area contributed by atoms with Gasteiger partial charge in [0, 0.05) is 36.1 Å². The van der Waals surface area contributed by atoms with Crippen LogP contribution in [0.2, 0.25) is 0 Å². The van der Waals surface area contributed by atoms with Crippen LogP contribution in [0.3, 0.4) is 0 Å². The molecule has 40 heavy (non-hydrogen) atoms. The molecule has 2 atom stereocenters. The van der Waals surface area contributed by atoms with Crippen molar-refractivity contribution in [3.8, 4) is 0 Å². The number of hydrogen-bond acceptors (Lipinski definition) is 9. The average molecular weight is 570 g/mol. The van der Waals surface area contributed by atoms with Gasteiger partial charge >= 0.3 is 5.97 Å². The van der Waals surface area contributed by atoms with Gasteiger partial charge in [-0.1, -0.05) is 42.4 Å². The molecule has 0 unspecified atom stereocenters. The molecule has 0 fully saturated rings. The Bertz CT molecular complexity index is 1510. The number of hydrogen-bond donors (Lipinski definition) is 3. The summed E-state index contributed by atoms with van der Waals surface area (Å²) in [5.74, 6) is -2.99. The summed E-state index contributed by atoms with van der Waals surface area (Å²) < 4.78 is 30.6. The van der Waals surface area contributed by atoms with E-state index in [9.17, 15) is 19.1 Å². The molecule has 2 heterocycles. The molecule has 0 spiro atoms. The zero-order chi connectivity index (χ0) is 28.9. The van der Waals surface area contributed by atoms with Gasteiger partial charge in [0.15, 0.2) is 5.84 Å². The number of amides is 1. The molecular formula is C26H25F2N7O4S. The molecule has 208 valence electrons. The number of nitrogens with one attached hydrogen (secondary N) is 1. The van der Waals surface area contributed by atoms with Crippen molar-refractivity contribution in [1.82, 2.24) is 25.1 Å². The summed E-state index contributed by atoms with van der Waals surface area (Å²) in [6.07, 6.45) is 4.00. The first kappa shape index (κ1) is 28.4. The SMILES string of the molecule is CC(=O)O/N=C(\N)c1ccc([C@](C)(CNC(=O)c2cncs2)[C@](O)(Cn2cncn2)c2ccc(F)cc2F)cc1. The molecule has 4 aromatic rings. The zero-order valence-electron chi connectivity index (χ0n) is 21.4. The number of aliphatic hydroxyl groups is 1. The van der Waals surface area contributed by atoms with Crippen LogP contribution in [0.25, 0.3) is 0 Å². The van der Waals surface area contributed by atoms with Gasteiger partial charge in [-0.2, -0.15) is 5.10 Å². The molecule has 14 heteroatoms. The van der Waals surface area contributed by atoms with Gasteiger partial charge in [0.1, 0.15) is 34.8 Å². The molecule has 0 radical (unpaired) electrons. The van der Waals surface area contributed by atoms with Crippen molar-refractivity contribution in [2.75, 3.05) is 6.54 Å². The maximum atomic E-state index is 15.3. The van der Waals surface area contributed by atoms with Crippen LogP contribution in [-0.2, 0) is 27.2 Å². The van der Waals surface area contributed by atoms with Gasteiger partial charge in [-0.15, -0.1) is 11.3 Å². The van der Waals surface area contributed by atoms with Crippen LogP contribution in [0.5, 0.6) is 0 Å². The van der Waals surface area contributed by atoms with Crippen LogP contribution >= 0.6 is 11.3 Å². The van der Waals surface area contributed by atoms with E-state index in [1.54, 1.807) is 31.2 Å². The molecule has 11 nitrogen and oxygen atoms in total. The lowest BCUT2D eigenvalue weighted by Gasteiger charge is -2.46. The predicted octanol–water partition coefficient (Wildman–Crippen LogP) is 2.47. The topological polar surface area (TPSA) is 158 Å². The van der Waals surface area contributed by atoms with Crippen LogP contribution in [0.1, 0.15) is 40.2 Å². The molecule has 0 saturated heterocycles. The molecule has 2 aromatic carbocycles. The number of amidine groups is 1. The van der Waals surface area contributed by atoms with E-state index in [-0.39, 0.29) is 24.5 Å². The van der Waals surface area contributed by atoms with Crippen LogP contribution in [0.4, 0.5) is 8.78 Å². The van der Waals surface area contributed by atoms with Gasteiger partial charge in [0.2, 0.25) is 0 Å². The highest BCUT2D eigenvalue weighted by Crippen LogP contribution is 2.44. The number of benzene rings is 2. The van der Waals surface area contributed by atoms with Crippen molar-refractivity contribution in [3.63, 3.8) is 0 Å². The highest BCUT2D eigenvalue weighted by Gasteiger charge is 2.51. The number of thiazole rings is 1. The molecular weight excluding hydrogens is 544 g/mol. The van der Waals surface area contributed by atoms with Crippen molar-refractivity contribution >= 4 is 29.0 Å². The number of aromatic nitrogens is 4. The van der Waals surface area contributed by atoms with Crippen LogP contribution < -0.4 is 11.1 Å². The fraction of sp³-hybridized carbons (Fsp3) is 0.231. The molecule has 1 amide bonds. The maximum absolute atomic E-state index is 15.3. The number of carbonyl (C=O) groups excluding carboxylic acids is 2. The van der Waals surface area contributed by atoms with Crippen LogP contribution in [-0.4, -0.2) is 49.1 Å². The van der Waals surface area contributed by atoms with E-state index in [0.717, 1.165) is 23.5 Å². The third-order valence-corrected chi connectivity index (χ3v) is 7.27. The Hall–Kier alpha value is -4.56. The molecule has 0 saturated carbocycles. The third-order valence-electron chi connectivity index (χ3n) is 6.50. The molecule has 2 aromatic heterocycles.